The van der Waals surface area contributed by atoms with Crippen molar-refractivity contribution in [1.82, 2.24) is 0 Å². The normalized spacial score (nSPS) is 14.8. The number of hydrogen-bond donors (Lipinski definition) is 1. The van der Waals surface area contributed by atoms with E-state index in [1.807, 2.05) is 31.2 Å². The molecule has 4 rings (SSSR count). The first-order valence-electron chi connectivity index (χ1n) is 8.14. The first-order valence-corrected chi connectivity index (χ1v) is 8.14. The molecule has 0 saturated heterocycles. The number of hydrogen-bond acceptors (Lipinski definition) is 3. The van der Waals surface area contributed by atoms with Crippen LogP contribution in [0.4, 0.5) is 0 Å². The number of rotatable bonds is 2. The van der Waals surface area contributed by atoms with Gasteiger partial charge in [0.2, 0.25) is 0 Å². The van der Waals surface area contributed by atoms with Gasteiger partial charge in [0.15, 0.2) is 5.43 Å². The smallest absolute Gasteiger partial charge is 0.335 e. The zero-order valence-electron chi connectivity index (χ0n) is 13.7. The molecule has 0 unspecified atom stereocenters. The Kier molecular flexibility index (Phi) is 3.53. The first-order chi connectivity index (χ1) is 12.0. The molecule has 4 heteroatoms. The van der Waals surface area contributed by atoms with E-state index < -0.39 is 5.97 Å². The van der Waals surface area contributed by atoms with Crippen LogP contribution >= 0.6 is 0 Å². The third kappa shape index (κ3) is 2.56. The summed E-state index contributed by atoms with van der Waals surface area (Å²) in [5.41, 5.74) is 4.29. The van der Waals surface area contributed by atoms with Gasteiger partial charge in [0.25, 0.3) is 0 Å². The largest absolute Gasteiger partial charge is 0.478 e. The van der Waals surface area contributed by atoms with Crippen LogP contribution < -0.4 is 5.43 Å². The number of fused-ring (bicyclic) bond motifs is 2. The van der Waals surface area contributed by atoms with Gasteiger partial charge in [-0.15, -0.1) is 0 Å². The van der Waals surface area contributed by atoms with E-state index >= 15 is 0 Å². The Hall–Kier alpha value is -3.14. The summed E-state index contributed by atoms with van der Waals surface area (Å²) < 4.78 is 5.98. The van der Waals surface area contributed by atoms with Crippen LogP contribution in [0, 0.1) is 6.92 Å². The summed E-state index contributed by atoms with van der Waals surface area (Å²) in [4.78, 5) is 23.9. The lowest BCUT2D eigenvalue weighted by Gasteiger charge is -2.06. The molecule has 2 aromatic carbocycles. The predicted molar refractivity (Wildman–Crippen MR) is 96.8 cm³/mol. The number of allylic oxidation sites excluding steroid dienone is 1. The second-order valence-corrected chi connectivity index (χ2v) is 6.28. The standard InChI is InChI=1S/C21H16O4/c1-12-4-2-3-5-13(12)10-14-6-8-16-19(22)17-11-15(21(23)24)7-9-18(17)25-20(14)16/h2-5,7,9-11H,6,8H2,1H3,(H,23,24). The average Bonchev–Trinajstić information content (AvgIpc) is 3.00. The fraction of sp³-hybridized carbons (Fsp3) is 0.143. The number of carboxylic acids is 1. The van der Waals surface area contributed by atoms with E-state index in [0.717, 1.165) is 23.1 Å². The third-order valence-electron chi connectivity index (χ3n) is 4.69. The molecule has 0 saturated carbocycles. The SMILES string of the molecule is Cc1ccccc1C=C1CCc2c1oc1ccc(C(=O)O)cc1c2=O. The Balaban J connectivity index is 1.90. The Bertz CT molecular complexity index is 1100. The Morgan fingerprint density at radius 2 is 1.96 bits per heavy atom. The molecule has 124 valence electrons. The van der Waals surface area contributed by atoms with Crippen LogP contribution in [0.25, 0.3) is 22.6 Å². The van der Waals surface area contributed by atoms with Crippen LogP contribution in [-0.2, 0) is 6.42 Å². The van der Waals surface area contributed by atoms with E-state index in [1.54, 1.807) is 6.07 Å². The van der Waals surface area contributed by atoms with Gasteiger partial charge < -0.3 is 9.52 Å². The Labute approximate surface area is 144 Å². The second kappa shape index (κ2) is 5.74. The number of benzene rings is 2. The molecular formula is C21H16O4. The van der Waals surface area contributed by atoms with Gasteiger partial charge >= 0.3 is 5.97 Å². The second-order valence-electron chi connectivity index (χ2n) is 6.28. The highest BCUT2D eigenvalue weighted by atomic mass is 16.4. The molecule has 0 atom stereocenters. The lowest BCUT2D eigenvalue weighted by molar-refractivity contribution is 0.0697. The minimum atomic E-state index is -1.05. The topological polar surface area (TPSA) is 67.5 Å². The van der Waals surface area contributed by atoms with Crippen molar-refractivity contribution in [3.8, 4) is 0 Å². The highest BCUT2D eigenvalue weighted by Gasteiger charge is 2.24. The molecule has 0 radical (unpaired) electrons. The van der Waals surface area contributed by atoms with Crippen molar-refractivity contribution in [3.05, 3.63) is 80.7 Å². The van der Waals surface area contributed by atoms with Crippen molar-refractivity contribution in [3.63, 3.8) is 0 Å². The van der Waals surface area contributed by atoms with E-state index in [4.69, 9.17) is 9.52 Å². The molecule has 1 heterocycles. The van der Waals surface area contributed by atoms with E-state index in [-0.39, 0.29) is 11.0 Å². The summed E-state index contributed by atoms with van der Waals surface area (Å²) in [6, 6.07) is 12.5. The van der Waals surface area contributed by atoms with Gasteiger partial charge in [-0.05, 0) is 60.7 Å². The van der Waals surface area contributed by atoms with Crippen molar-refractivity contribution >= 4 is 28.6 Å². The summed E-state index contributed by atoms with van der Waals surface area (Å²) in [7, 11) is 0. The van der Waals surface area contributed by atoms with Crippen molar-refractivity contribution in [2.24, 2.45) is 0 Å². The summed E-state index contributed by atoms with van der Waals surface area (Å²) in [5, 5.41) is 9.45. The molecule has 1 N–H and O–H groups in total. The molecule has 1 aliphatic carbocycles. The molecule has 25 heavy (non-hydrogen) atoms. The molecule has 3 aromatic rings. The summed E-state index contributed by atoms with van der Waals surface area (Å²) in [6.07, 6.45) is 3.43. The van der Waals surface area contributed by atoms with Crippen molar-refractivity contribution < 1.29 is 14.3 Å². The van der Waals surface area contributed by atoms with Gasteiger partial charge in [-0.3, -0.25) is 4.79 Å². The zero-order valence-corrected chi connectivity index (χ0v) is 13.7. The summed E-state index contributed by atoms with van der Waals surface area (Å²) in [5.74, 6) is -0.425. The van der Waals surface area contributed by atoms with Crippen LogP contribution in [0.2, 0.25) is 0 Å². The maximum Gasteiger partial charge on any atom is 0.335 e. The van der Waals surface area contributed by atoms with Crippen molar-refractivity contribution in [1.29, 1.82) is 0 Å². The number of aryl methyl sites for hydroxylation is 1. The van der Waals surface area contributed by atoms with Gasteiger partial charge in [0.1, 0.15) is 11.3 Å². The molecule has 0 bridgehead atoms. The molecule has 1 aromatic heterocycles. The maximum absolute atomic E-state index is 12.8. The molecule has 0 fully saturated rings. The Morgan fingerprint density at radius 3 is 2.72 bits per heavy atom. The van der Waals surface area contributed by atoms with Gasteiger partial charge in [-0.25, -0.2) is 4.79 Å². The molecule has 0 amide bonds. The summed E-state index contributed by atoms with van der Waals surface area (Å²) in [6.45, 7) is 2.05. The highest BCUT2D eigenvalue weighted by molar-refractivity contribution is 5.94. The van der Waals surface area contributed by atoms with Crippen LogP contribution in [0.15, 0.2) is 51.7 Å². The van der Waals surface area contributed by atoms with Crippen molar-refractivity contribution in [2.45, 2.75) is 19.8 Å². The molecule has 0 aliphatic heterocycles. The van der Waals surface area contributed by atoms with Crippen LogP contribution in [0.3, 0.4) is 0 Å². The Morgan fingerprint density at radius 1 is 1.16 bits per heavy atom. The van der Waals surface area contributed by atoms with E-state index in [9.17, 15) is 9.59 Å². The predicted octanol–water partition coefficient (Wildman–Crippen LogP) is 4.29. The molecular weight excluding hydrogens is 316 g/mol. The first kappa shape index (κ1) is 15.4. The van der Waals surface area contributed by atoms with Gasteiger partial charge in [0.05, 0.1) is 10.9 Å². The fourth-order valence-corrected chi connectivity index (χ4v) is 3.30. The minimum absolute atomic E-state index is 0.0911. The number of carbonyl (C=O) groups is 1. The quantitative estimate of drug-likeness (QED) is 0.760. The third-order valence-corrected chi connectivity index (χ3v) is 4.69. The summed E-state index contributed by atoms with van der Waals surface area (Å²) >= 11 is 0. The molecule has 4 nitrogen and oxygen atoms in total. The lowest BCUT2D eigenvalue weighted by Crippen LogP contribution is -2.09. The highest BCUT2D eigenvalue weighted by Crippen LogP contribution is 2.34. The van der Waals surface area contributed by atoms with Crippen LogP contribution in [0.5, 0.6) is 0 Å². The molecule has 0 spiro atoms. The maximum atomic E-state index is 12.8. The van der Waals surface area contributed by atoms with Gasteiger partial charge in [-0.2, -0.15) is 0 Å². The minimum Gasteiger partial charge on any atom is -0.478 e. The van der Waals surface area contributed by atoms with E-state index in [2.05, 4.69) is 6.08 Å². The fourth-order valence-electron chi connectivity index (χ4n) is 3.30. The lowest BCUT2D eigenvalue weighted by atomic mass is 10.0. The van der Waals surface area contributed by atoms with Gasteiger partial charge in [0, 0.05) is 5.56 Å². The average molecular weight is 332 g/mol. The van der Waals surface area contributed by atoms with Crippen LogP contribution in [-0.4, -0.2) is 11.1 Å². The van der Waals surface area contributed by atoms with Gasteiger partial charge in [-0.1, -0.05) is 24.3 Å². The van der Waals surface area contributed by atoms with Crippen molar-refractivity contribution in [2.75, 3.05) is 0 Å². The zero-order chi connectivity index (χ0) is 17.6. The monoisotopic (exact) mass is 332 g/mol. The molecule has 1 aliphatic rings. The van der Waals surface area contributed by atoms with Crippen LogP contribution in [0.1, 0.15) is 39.2 Å². The van der Waals surface area contributed by atoms with E-state index in [0.29, 0.717) is 28.7 Å². The van der Waals surface area contributed by atoms with E-state index in [1.165, 1.54) is 12.1 Å². The number of aromatic carboxylic acids is 1. The number of carboxylic acid groups (broad SMARTS) is 1.